The van der Waals surface area contributed by atoms with E-state index in [-0.39, 0.29) is 0 Å². The van der Waals surface area contributed by atoms with Crippen molar-refractivity contribution < 1.29 is 0 Å². The van der Waals surface area contributed by atoms with E-state index in [1.807, 2.05) is 0 Å². The molecule has 110 valence electrons. The summed E-state index contributed by atoms with van der Waals surface area (Å²) in [5, 5.41) is 9.50. The van der Waals surface area contributed by atoms with Crippen LogP contribution in [0.1, 0.15) is 71.1 Å². The Balaban J connectivity index is 1.57. The van der Waals surface area contributed by atoms with Gasteiger partial charge in [0.25, 0.3) is 0 Å². The number of hydrogen-bond donors (Lipinski definition) is 0. The lowest BCUT2D eigenvalue weighted by molar-refractivity contribution is -0.0406. The van der Waals surface area contributed by atoms with E-state index < -0.39 is 0 Å². The number of fused-ring (bicyclic) bond motifs is 4. The molecule has 0 aromatic heterocycles. The van der Waals surface area contributed by atoms with Crippen molar-refractivity contribution in [3.8, 4) is 6.07 Å². The number of nitriles is 1. The largest absolute Gasteiger partial charge is 0.198 e. The molecule has 1 nitrogen and oxygen atoms in total. The summed E-state index contributed by atoms with van der Waals surface area (Å²) in [5.41, 5.74) is 0.372. The molecule has 0 spiro atoms. The minimum atomic E-state index is 0.359. The molecule has 0 amide bonds. The summed E-state index contributed by atoms with van der Waals surface area (Å²) in [4.78, 5) is 0. The summed E-state index contributed by atoms with van der Waals surface area (Å²) in [6.07, 6.45) is 14.4. The maximum atomic E-state index is 9.50. The van der Waals surface area contributed by atoms with Crippen LogP contribution >= 0.6 is 0 Å². The molecule has 4 rings (SSSR count). The predicted molar refractivity (Wildman–Crippen MR) is 80.8 cm³/mol. The van der Waals surface area contributed by atoms with E-state index in [2.05, 4.69) is 13.0 Å². The molecule has 0 heterocycles. The van der Waals surface area contributed by atoms with Crippen LogP contribution in [0.15, 0.2) is 0 Å². The second-order valence-corrected chi connectivity index (χ2v) is 8.61. The van der Waals surface area contributed by atoms with Crippen molar-refractivity contribution >= 4 is 0 Å². The molecule has 20 heavy (non-hydrogen) atoms. The van der Waals surface area contributed by atoms with Gasteiger partial charge in [-0.2, -0.15) is 5.26 Å². The molecule has 0 aliphatic heterocycles. The van der Waals surface area contributed by atoms with Crippen LogP contribution in [-0.4, -0.2) is 0 Å². The fourth-order valence-electron chi connectivity index (χ4n) is 6.87. The summed E-state index contributed by atoms with van der Waals surface area (Å²) >= 11 is 0. The maximum absolute atomic E-state index is 9.50. The van der Waals surface area contributed by atoms with Crippen LogP contribution in [-0.2, 0) is 0 Å². The summed E-state index contributed by atoms with van der Waals surface area (Å²) in [6, 6.07) is 2.66. The Labute approximate surface area is 124 Å². The minimum absolute atomic E-state index is 0.359. The zero-order valence-electron chi connectivity index (χ0n) is 13.0. The van der Waals surface area contributed by atoms with Crippen molar-refractivity contribution in [1.82, 2.24) is 0 Å². The van der Waals surface area contributed by atoms with Gasteiger partial charge in [-0.15, -0.1) is 0 Å². The Morgan fingerprint density at radius 3 is 2.40 bits per heavy atom. The summed E-state index contributed by atoms with van der Waals surface area (Å²) in [6.45, 7) is 2.46. The van der Waals surface area contributed by atoms with Crippen molar-refractivity contribution in [3.63, 3.8) is 0 Å². The molecular formula is C19H29N. The SMILES string of the molecule is C[C@]12CCC3CC4CCCC[C@H]4C[C@H]3C1CC[C@@H]2C#N. The van der Waals surface area contributed by atoms with Gasteiger partial charge in [-0.05, 0) is 73.5 Å². The lowest BCUT2D eigenvalue weighted by Gasteiger charge is -2.53. The quantitative estimate of drug-likeness (QED) is 0.596. The normalized spacial score (nSPS) is 54.4. The number of rotatable bonds is 0. The van der Waals surface area contributed by atoms with Gasteiger partial charge >= 0.3 is 0 Å². The van der Waals surface area contributed by atoms with Crippen LogP contribution in [0.2, 0.25) is 0 Å². The molecule has 4 saturated carbocycles. The fraction of sp³-hybridized carbons (Fsp3) is 0.947. The van der Waals surface area contributed by atoms with Gasteiger partial charge in [0.05, 0.1) is 12.0 Å². The Morgan fingerprint density at radius 2 is 1.65 bits per heavy atom. The first-order chi connectivity index (χ1) is 9.72. The van der Waals surface area contributed by atoms with Gasteiger partial charge in [0, 0.05) is 0 Å². The molecule has 0 N–H and O–H groups in total. The highest BCUT2D eigenvalue weighted by Crippen LogP contribution is 2.63. The van der Waals surface area contributed by atoms with E-state index in [1.165, 1.54) is 57.8 Å². The first kappa shape index (κ1) is 13.2. The van der Waals surface area contributed by atoms with Crippen molar-refractivity contribution in [2.45, 2.75) is 71.1 Å². The van der Waals surface area contributed by atoms with Crippen LogP contribution in [0, 0.1) is 52.3 Å². The van der Waals surface area contributed by atoms with Crippen molar-refractivity contribution in [2.75, 3.05) is 0 Å². The third-order valence-corrected chi connectivity index (χ3v) is 7.99. The summed E-state index contributed by atoms with van der Waals surface area (Å²) in [7, 11) is 0. The van der Waals surface area contributed by atoms with Crippen LogP contribution in [0.25, 0.3) is 0 Å². The standard InChI is InChI=1S/C19H29N/c1-19-9-8-15-10-13-4-2-3-5-14(13)11-17(15)18(19)7-6-16(19)12-20/h13-18H,2-11H2,1H3/t13?,14-,15?,16+,17+,18?,19+/m0/s1. The predicted octanol–water partition coefficient (Wildman–Crippen LogP) is 5.17. The molecule has 4 fully saturated rings. The van der Waals surface area contributed by atoms with Crippen molar-refractivity contribution in [1.29, 1.82) is 5.26 Å². The van der Waals surface area contributed by atoms with E-state index in [9.17, 15) is 5.26 Å². The monoisotopic (exact) mass is 271 g/mol. The molecular weight excluding hydrogens is 242 g/mol. The Bertz CT molecular complexity index is 422. The highest BCUT2D eigenvalue weighted by molar-refractivity contribution is 5.09. The van der Waals surface area contributed by atoms with Crippen LogP contribution < -0.4 is 0 Å². The first-order valence-corrected chi connectivity index (χ1v) is 9.12. The van der Waals surface area contributed by atoms with Gasteiger partial charge in [0.15, 0.2) is 0 Å². The number of hydrogen-bond acceptors (Lipinski definition) is 1. The second-order valence-electron chi connectivity index (χ2n) is 8.61. The topological polar surface area (TPSA) is 23.8 Å². The van der Waals surface area contributed by atoms with Crippen molar-refractivity contribution in [3.05, 3.63) is 0 Å². The average molecular weight is 271 g/mol. The Kier molecular flexibility index (Phi) is 3.13. The van der Waals surface area contributed by atoms with E-state index in [1.54, 1.807) is 6.42 Å². The van der Waals surface area contributed by atoms with Crippen LogP contribution in [0.4, 0.5) is 0 Å². The summed E-state index contributed by atoms with van der Waals surface area (Å²) < 4.78 is 0. The molecule has 0 saturated heterocycles. The maximum Gasteiger partial charge on any atom is 0.0661 e. The second kappa shape index (κ2) is 4.75. The van der Waals surface area contributed by atoms with E-state index in [0.29, 0.717) is 11.3 Å². The summed E-state index contributed by atoms with van der Waals surface area (Å²) in [5.74, 6) is 5.36. The molecule has 7 atom stereocenters. The third kappa shape index (κ3) is 1.79. The lowest BCUT2D eigenvalue weighted by Crippen LogP contribution is -2.46. The van der Waals surface area contributed by atoms with Gasteiger partial charge in [0.2, 0.25) is 0 Å². The molecule has 1 heteroatoms. The van der Waals surface area contributed by atoms with Crippen molar-refractivity contribution in [2.24, 2.45) is 40.9 Å². The minimum Gasteiger partial charge on any atom is -0.198 e. The highest BCUT2D eigenvalue weighted by Gasteiger charge is 2.55. The fourth-order valence-corrected chi connectivity index (χ4v) is 6.87. The van der Waals surface area contributed by atoms with Gasteiger partial charge < -0.3 is 0 Å². The lowest BCUT2D eigenvalue weighted by atomic mass is 9.51. The molecule has 0 radical (unpaired) electrons. The van der Waals surface area contributed by atoms with Gasteiger partial charge in [-0.1, -0.05) is 32.6 Å². The zero-order chi connectivity index (χ0) is 13.7. The first-order valence-electron chi connectivity index (χ1n) is 9.12. The highest BCUT2D eigenvalue weighted by atomic mass is 14.6. The van der Waals surface area contributed by atoms with E-state index in [4.69, 9.17) is 0 Å². The van der Waals surface area contributed by atoms with Gasteiger partial charge in [-0.25, -0.2) is 0 Å². The van der Waals surface area contributed by atoms with E-state index in [0.717, 1.165) is 29.6 Å². The number of nitrogens with zero attached hydrogens (tertiary/aromatic N) is 1. The third-order valence-electron chi connectivity index (χ3n) is 7.99. The zero-order valence-corrected chi connectivity index (χ0v) is 13.0. The molecule has 0 aromatic rings. The average Bonchev–Trinajstić information content (AvgIpc) is 2.82. The van der Waals surface area contributed by atoms with E-state index >= 15 is 0 Å². The smallest absolute Gasteiger partial charge is 0.0661 e. The molecule has 0 aromatic carbocycles. The van der Waals surface area contributed by atoms with Crippen LogP contribution in [0.5, 0.6) is 0 Å². The molecule has 3 unspecified atom stereocenters. The van der Waals surface area contributed by atoms with Crippen LogP contribution in [0.3, 0.4) is 0 Å². The van der Waals surface area contributed by atoms with Gasteiger partial charge in [0.1, 0.15) is 0 Å². The molecule has 4 aliphatic rings. The van der Waals surface area contributed by atoms with Gasteiger partial charge in [-0.3, -0.25) is 0 Å². The Hall–Kier alpha value is -0.510. The molecule has 0 bridgehead atoms. The Morgan fingerprint density at radius 1 is 0.900 bits per heavy atom. The molecule has 4 aliphatic carbocycles.